The highest BCUT2D eigenvalue weighted by molar-refractivity contribution is 9.10. The number of hydrogen-bond donors (Lipinski definition) is 0. The third-order valence-corrected chi connectivity index (χ3v) is 3.84. The number of rotatable bonds is 6. The molecule has 1 aromatic rings. The molecule has 0 bridgehead atoms. The lowest BCUT2D eigenvalue weighted by atomic mass is 10.1. The summed E-state index contributed by atoms with van der Waals surface area (Å²) in [5.74, 6) is -0.160. The van der Waals surface area contributed by atoms with E-state index in [1.807, 2.05) is 11.4 Å². The minimum absolute atomic E-state index is 0.0752. The number of Topliss-reactive ketones (excluding diaryl/α,β-unsaturated/α-hetero) is 1. The van der Waals surface area contributed by atoms with Crippen molar-refractivity contribution in [2.24, 2.45) is 0 Å². The fourth-order valence-electron chi connectivity index (χ4n) is 1.23. The van der Waals surface area contributed by atoms with Crippen LogP contribution in [0.15, 0.2) is 15.9 Å². The van der Waals surface area contributed by atoms with Gasteiger partial charge in [-0.2, -0.15) is 0 Å². The molecular weight excluding hydrogens is 292 g/mol. The molecule has 0 aliphatic rings. The molecule has 88 valence electrons. The molecule has 1 rings (SSSR count). The third-order valence-electron chi connectivity index (χ3n) is 1.96. The second kappa shape index (κ2) is 6.81. The van der Waals surface area contributed by atoms with Crippen LogP contribution in [0.2, 0.25) is 0 Å². The molecule has 1 heterocycles. The van der Waals surface area contributed by atoms with E-state index < -0.39 is 0 Å². The maximum Gasteiger partial charge on any atom is 0.305 e. The zero-order valence-corrected chi connectivity index (χ0v) is 11.4. The van der Waals surface area contributed by atoms with Crippen LogP contribution >= 0.6 is 27.3 Å². The second-order valence-electron chi connectivity index (χ2n) is 3.18. The number of hydrogen-bond acceptors (Lipinski definition) is 4. The maximum atomic E-state index is 11.7. The Morgan fingerprint density at radius 2 is 2.19 bits per heavy atom. The van der Waals surface area contributed by atoms with Crippen LogP contribution in [0.4, 0.5) is 0 Å². The second-order valence-corrected chi connectivity index (χ2v) is 4.95. The molecule has 0 unspecified atom stereocenters. The van der Waals surface area contributed by atoms with Gasteiger partial charge in [-0.1, -0.05) is 0 Å². The zero-order chi connectivity index (χ0) is 12.0. The van der Waals surface area contributed by atoms with Crippen molar-refractivity contribution in [2.75, 3.05) is 6.61 Å². The predicted molar refractivity (Wildman–Crippen MR) is 66.8 cm³/mol. The maximum absolute atomic E-state index is 11.7. The summed E-state index contributed by atoms with van der Waals surface area (Å²) in [7, 11) is 0. The first-order valence-corrected chi connectivity index (χ1v) is 6.74. The van der Waals surface area contributed by atoms with Crippen molar-refractivity contribution < 1.29 is 14.3 Å². The standard InChI is InChI=1S/C11H13BrO3S/c1-2-15-10(14)5-3-4-9(13)11-8(12)6-7-16-11/h6-7H,2-5H2,1H3. The summed E-state index contributed by atoms with van der Waals surface area (Å²) in [6.07, 6.45) is 1.24. The highest BCUT2D eigenvalue weighted by Gasteiger charge is 2.12. The molecule has 0 saturated carbocycles. The van der Waals surface area contributed by atoms with Crippen molar-refractivity contribution in [1.29, 1.82) is 0 Å². The van der Waals surface area contributed by atoms with Gasteiger partial charge in [0, 0.05) is 17.3 Å². The Hall–Kier alpha value is -0.680. The summed E-state index contributed by atoms with van der Waals surface area (Å²) in [5, 5.41) is 1.86. The van der Waals surface area contributed by atoms with Gasteiger partial charge in [-0.05, 0) is 40.7 Å². The lowest BCUT2D eigenvalue weighted by Gasteiger charge is -2.01. The average Bonchev–Trinajstić information content (AvgIpc) is 2.64. The molecule has 0 fully saturated rings. The highest BCUT2D eigenvalue weighted by atomic mass is 79.9. The van der Waals surface area contributed by atoms with Crippen LogP contribution in [0.1, 0.15) is 35.9 Å². The normalized spacial score (nSPS) is 10.1. The minimum atomic E-state index is -0.236. The molecule has 0 N–H and O–H groups in total. The molecule has 0 radical (unpaired) electrons. The van der Waals surface area contributed by atoms with Gasteiger partial charge in [0.25, 0.3) is 0 Å². The molecule has 0 atom stereocenters. The molecule has 0 aromatic carbocycles. The van der Waals surface area contributed by atoms with Crippen LogP contribution in [0.25, 0.3) is 0 Å². The first kappa shape index (κ1) is 13.4. The molecule has 0 amide bonds. The molecule has 5 heteroatoms. The van der Waals surface area contributed by atoms with E-state index in [1.165, 1.54) is 11.3 Å². The zero-order valence-electron chi connectivity index (χ0n) is 8.99. The summed E-state index contributed by atoms with van der Waals surface area (Å²) in [6.45, 7) is 2.16. The molecule has 0 aliphatic heterocycles. The van der Waals surface area contributed by atoms with Crippen molar-refractivity contribution in [2.45, 2.75) is 26.2 Å². The number of carbonyl (C=O) groups is 2. The van der Waals surface area contributed by atoms with Gasteiger partial charge >= 0.3 is 5.97 Å². The van der Waals surface area contributed by atoms with Gasteiger partial charge in [0.2, 0.25) is 0 Å². The Labute approximate surface area is 107 Å². The number of ether oxygens (including phenoxy) is 1. The summed E-state index contributed by atoms with van der Waals surface area (Å²) in [5.41, 5.74) is 0. The average molecular weight is 305 g/mol. The number of carbonyl (C=O) groups excluding carboxylic acids is 2. The van der Waals surface area contributed by atoms with Crippen molar-refractivity contribution in [3.63, 3.8) is 0 Å². The molecule has 0 spiro atoms. The lowest BCUT2D eigenvalue weighted by molar-refractivity contribution is -0.143. The van der Waals surface area contributed by atoms with Crippen LogP contribution in [0.5, 0.6) is 0 Å². The van der Waals surface area contributed by atoms with E-state index >= 15 is 0 Å². The van der Waals surface area contributed by atoms with Crippen molar-refractivity contribution >= 4 is 39.0 Å². The molecular formula is C11H13BrO3S. The van der Waals surface area contributed by atoms with Gasteiger partial charge in [-0.3, -0.25) is 9.59 Å². The van der Waals surface area contributed by atoms with Gasteiger partial charge in [-0.15, -0.1) is 11.3 Å². The van der Waals surface area contributed by atoms with Crippen molar-refractivity contribution in [3.8, 4) is 0 Å². The summed E-state index contributed by atoms with van der Waals surface area (Å²) in [4.78, 5) is 23.5. The molecule has 16 heavy (non-hydrogen) atoms. The topological polar surface area (TPSA) is 43.4 Å². The molecule has 0 saturated heterocycles. The van der Waals surface area contributed by atoms with E-state index in [0.29, 0.717) is 25.9 Å². The first-order chi connectivity index (χ1) is 7.65. The SMILES string of the molecule is CCOC(=O)CCCC(=O)c1sccc1Br. The van der Waals surface area contributed by atoms with Crippen LogP contribution in [-0.4, -0.2) is 18.4 Å². The van der Waals surface area contributed by atoms with Crippen LogP contribution < -0.4 is 0 Å². The van der Waals surface area contributed by atoms with E-state index in [-0.39, 0.29) is 11.8 Å². The quantitative estimate of drug-likeness (QED) is 0.597. The van der Waals surface area contributed by atoms with Crippen molar-refractivity contribution in [3.05, 3.63) is 20.8 Å². The van der Waals surface area contributed by atoms with Gasteiger partial charge in [0.05, 0.1) is 11.5 Å². The van der Waals surface area contributed by atoms with Crippen LogP contribution in [0, 0.1) is 0 Å². The molecule has 0 aliphatic carbocycles. The summed E-state index contributed by atoms with van der Waals surface area (Å²) in [6, 6.07) is 1.85. The first-order valence-electron chi connectivity index (χ1n) is 5.07. The Morgan fingerprint density at radius 3 is 2.75 bits per heavy atom. The summed E-state index contributed by atoms with van der Waals surface area (Å²) < 4.78 is 5.61. The fraction of sp³-hybridized carbons (Fsp3) is 0.455. The Bertz CT molecular complexity index is 373. The van der Waals surface area contributed by atoms with Gasteiger partial charge in [-0.25, -0.2) is 0 Å². The van der Waals surface area contributed by atoms with E-state index in [2.05, 4.69) is 15.9 Å². The van der Waals surface area contributed by atoms with E-state index in [0.717, 1.165) is 9.35 Å². The number of ketones is 1. The summed E-state index contributed by atoms with van der Waals surface area (Å²) >= 11 is 4.72. The van der Waals surface area contributed by atoms with Gasteiger partial charge in [0.15, 0.2) is 5.78 Å². The number of thiophene rings is 1. The lowest BCUT2D eigenvalue weighted by Crippen LogP contribution is -2.05. The van der Waals surface area contributed by atoms with E-state index in [9.17, 15) is 9.59 Å². The predicted octanol–water partition coefficient (Wildman–Crippen LogP) is 3.43. The Kier molecular flexibility index (Phi) is 5.69. The van der Waals surface area contributed by atoms with Crippen LogP contribution in [-0.2, 0) is 9.53 Å². The highest BCUT2D eigenvalue weighted by Crippen LogP contribution is 2.24. The Morgan fingerprint density at radius 1 is 1.44 bits per heavy atom. The fourth-order valence-corrected chi connectivity index (χ4v) is 2.80. The van der Waals surface area contributed by atoms with E-state index in [1.54, 1.807) is 6.92 Å². The number of esters is 1. The molecule has 1 aromatic heterocycles. The van der Waals surface area contributed by atoms with Crippen LogP contribution in [0.3, 0.4) is 0 Å². The largest absolute Gasteiger partial charge is 0.466 e. The van der Waals surface area contributed by atoms with E-state index in [4.69, 9.17) is 4.74 Å². The Balaban J connectivity index is 2.31. The smallest absolute Gasteiger partial charge is 0.305 e. The van der Waals surface area contributed by atoms with Gasteiger partial charge < -0.3 is 4.74 Å². The van der Waals surface area contributed by atoms with Gasteiger partial charge in [0.1, 0.15) is 0 Å². The number of halogens is 1. The monoisotopic (exact) mass is 304 g/mol. The minimum Gasteiger partial charge on any atom is -0.466 e. The van der Waals surface area contributed by atoms with Crippen molar-refractivity contribution in [1.82, 2.24) is 0 Å². The third kappa shape index (κ3) is 4.06. The molecule has 3 nitrogen and oxygen atoms in total.